The largest absolute Gasteiger partial charge is 0.465 e. The molecule has 6 heteroatoms. The molecule has 0 spiro atoms. The van der Waals surface area contributed by atoms with Crippen LogP contribution in [0.25, 0.3) is 10.8 Å². The van der Waals surface area contributed by atoms with Gasteiger partial charge in [0, 0.05) is 11.1 Å². The molecule has 2 atom stereocenters. The second-order valence-electron chi connectivity index (χ2n) is 13.1. The van der Waals surface area contributed by atoms with Crippen LogP contribution in [0.4, 0.5) is 4.79 Å². The molecule has 1 saturated carbocycles. The first-order chi connectivity index (χ1) is 20.7. The highest BCUT2D eigenvalue weighted by atomic mass is 16.5. The third-order valence-electron chi connectivity index (χ3n) is 9.14. The number of aromatic nitrogens is 1. The fourth-order valence-electron chi connectivity index (χ4n) is 6.80. The Morgan fingerprint density at radius 1 is 0.884 bits per heavy atom. The number of hydrogen-bond donors (Lipinski definition) is 1. The number of hydrogen-bond acceptors (Lipinski definition) is 4. The summed E-state index contributed by atoms with van der Waals surface area (Å²) in [5, 5.41) is 12.1. The molecule has 6 nitrogen and oxygen atoms in total. The van der Waals surface area contributed by atoms with E-state index in [-0.39, 0.29) is 17.2 Å². The predicted octanol–water partition coefficient (Wildman–Crippen LogP) is 9.12. The number of amides is 1. The van der Waals surface area contributed by atoms with E-state index >= 15 is 0 Å². The van der Waals surface area contributed by atoms with Crippen LogP contribution in [0, 0.1) is 5.92 Å². The Morgan fingerprint density at radius 2 is 1.58 bits per heavy atom. The van der Waals surface area contributed by atoms with Crippen LogP contribution in [-0.2, 0) is 11.8 Å². The molecule has 1 N–H and O–H groups in total. The summed E-state index contributed by atoms with van der Waals surface area (Å²) in [5.41, 5.74) is 3.46. The number of Topliss-reactive ketones (excluding diaryl/α,β-unsaturated/α-hetero) is 1. The number of benzene rings is 3. The maximum absolute atomic E-state index is 14.0. The van der Waals surface area contributed by atoms with E-state index in [2.05, 4.69) is 32.9 Å². The Bertz CT molecular complexity index is 1620. The molecule has 0 unspecified atom stereocenters. The normalized spacial score (nSPS) is 19.2. The van der Waals surface area contributed by atoms with E-state index in [1.54, 1.807) is 0 Å². The van der Waals surface area contributed by atoms with Crippen LogP contribution >= 0.6 is 0 Å². The third kappa shape index (κ3) is 6.15. The quantitative estimate of drug-likeness (QED) is 0.222. The van der Waals surface area contributed by atoms with Gasteiger partial charge in [0.1, 0.15) is 23.2 Å². The van der Waals surface area contributed by atoms with E-state index in [1.807, 2.05) is 66.7 Å². The molecule has 2 heterocycles. The van der Waals surface area contributed by atoms with Crippen molar-refractivity contribution in [3.63, 3.8) is 0 Å². The Morgan fingerprint density at radius 3 is 2.26 bits per heavy atom. The second kappa shape index (κ2) is 11.8. The topological polar surface area (TPSA) is 79.7 Å². The summed E-state index contributed by atoms with van der Waals surface area (Å²) in [6.07, 6.45) is 5.55. The van der Waals surface area contributed by atoms with Crippen LogP contribution < -0.4 is 4.74 Å². The van der Waals surface area contributed by atoms with Crippen molar-refractivity contribution in [1.29, 1.82) is 0 Å². The number of likely N-dealkylation sites (tertiary alicyclic amines) is 1. The Kier molecular flexibility index (Phi) is 7.95. The number of carbonyl (C=O) groups is 2. The molecule has 2 fully saturated rings. The van der Waals surface area contributed by atoms with E-state index in [1.165, 1.54) is 23.3 Å². The van der Waals surface area contributed by atoms with Crippen molar-refractivity contribution in [2.24, 2.45) is 5.92 Å². The number of ketones is 1. The Balaban J connectivity index is 1.32. The van der Waals surface area contributed by atoms with Crippen LogP contribution in [0.3, 0.4) is 0 Å². The molecule has 1 amide bonds. The summed E-state index contributed by atoms with van der Waals surface area (Å²) >= 11 is 0. The minimum atomic E-state index is -1.08. The number of rotatable bonds is 7. The van der Waals surface area contributed by atoms with Gasteiger partial charge in [0.2, 0.25) is 5.78 Å². The van der Waals surface area contributed by atoms with Crippen LogP contribution in [0.5, 0.6) is 11.5 Å². The van der Waals surface area contributed by atoms with Gasteiger partial charge in [0.15, 0.2) is 0 Å². The van der Waals surface area contributed by atoms with E-state index in [9.17, 15) is 14.7 Å². The average molecular weight is 577 g/mol. The summed E-state index contributed by atoms with van der Waals surface area (Å²) in [4.78, 5) is 32.7. The fraction of sp³-hybridized carbons (Fsp3) is 0.378. The zero-order valence-corrected chi connectivity index (χ0v) is 25.3. The minimum absolute atomic E-state index is 0.0693. The van der Waals surface area contributed by atoms with Crippen molar-refractivity contribution in [2.45, 2.75) is 83.2 Å². The summed E-state index contributed by atoms with van der Waals surface area (Å²) in [6.45, 7) is 6.58. The first-order valence-corrected chi connectivity index (χ1v) is 15.5. The van der Waals surface area contributed by atoms with E-state index in [4.69, 9.17) is 9.72 Å². The van der Waals surface area contributed by atoms with Crippen LogP contribution in [0.2, 0.25) is 0 Å². The van der Waals surface area contributed by atoms with Gasteiger partial charge in [-0.1, -0.05) is 95.0 Å². The molecule has 4 aromatic rings. The molecule has 1 aromatic heterocycles. The molecule has 43 heavy (non-hydrogen) atoms. The van der Waals surface area contributed by atoms with E-state index in [0.717, 1.165) is 52.8 Å². The number of carbonyl (C=O) groups excluding carboxylic acids is 1. The van der Waals surface area contributed by atoms with E-state index < -0.39 is 12.1 Å². The highest BCUT2D eigenvalue weighted by molar-refractivity contribution is 6.03. The van der Waals surface area contributed by atoms with Crippen LogP contribution in [-0.4, -0.2) is 32.9 Å². The number of nitrogens with zero attached hydrogens (tertiary/aromatic N) is 2. The van der Waals surface area contributed by atoms with Gasteiger partial charge < -0.3 is 9.84 Å². The van der Waals surface area contributed by atoms with Gasteiger partial charge in [-0.15, -0.1) is 0 Å². The molecule has 1 aliphatic heterocycles. The molecular formula is C37H40N2O4. The van der Waals surface area contributed by atoms with Crippen molar-refractivity contribution in [2.75, 3.05) is 0 Å². The summed E-state index contributed by atoms with van der Waals surface area (Å²) < 4.78 is 6.27. The van der Waals surface area contributed by atoms with Crippen molar-refractivity contribution in [1.82, 2.24) is 9.88 Å². The second-order valence-corrected chi connectivity index (χ2v) is 13.1. The highest BCUT2D eigenvalue weighted by Crippen LogP contribution is 2.38. The van der Waals surface area contributed by atoms with Crippen LogP contribution in [0.1, 0.15) is 92.6 Å². The molecule has 1 saturated heterocycles. The van der Waals surface area contributed by atoms with Crippen molar-refractivity contribution >= 4 is 22.6 Å². The zero-order chi connectivity index (χ0) is 30.1. The average Bonchev–Trinajstić information content (AvgIpc) is 3.68. The molecule has 0 bridgehead atoms. The Hall–Kier alpha value is -4.19. The Labute approximate surface area is 253 Å². The van der Waals surface area contributed by atoms with Gasteiger partial charge in [-0.3, -0.25) is 9.69 Å². The summed E-state index contributed by atoms with van der Waals surface area (Å²) in [7, 11) is 0. The maximum Gasteiger partial charge on any atom is 0.408 e. The molecule has 0 radical (unpaired) electrons. The highest BCUT2D eigenvalue weighted by Gasteiger charge is 2.42. The van der Waals surface area contributed by atoms with Gasteiger partial charge in [0.05, 0.1) is 6.04 Å². The van der Waals surface area contributed by atoms with Crippen molar-refractivity contribution in [3.05, 3.63) is 101 Å². The maximum atomic E-state index is 14.0. The van der Waals surface area contributed by atoms with Gasteiger partial charge >= 0.3 is 6.09 Å². The summed E-state index contributed by atoms with van der Waals surface area (Å²) in [5.74, 6) is 1.80. The van der Waals surface area contributed by atoms with Crippen LogP contribution in [0.15, 0.2) is 78.9 Å². The predicted molar refractivity (Wildman–Crippen MR) is 169 cm³/mol. The van der Waals surface area contributed by atoms with E-state index in [0.29, 0.717) is 24.5 Å². The van der Waals surface area contributed by atoms with Gasteiger partial charge in [-0.25, -0.2) is 9.78 Å². The third-order valence-corrected chi connectivity index (χ3v) is 9.14. The smallest absolute Gasteiger partial charge is 0.408 e. The standard InChI is InChI=1S/C37H40N2O4/c1-37(2,3)27-14-17-28(18-15-27)43-29-16-13-26-22-32(38-31(30(26)23-29)21-24-9-7-8-10-24)35(40)34-20-19-33(39(34)36(41)42)25-11-5-4-6-12-25/h4-6,11-18,22-24,33-34H,7-10,19-21H2,1-3H3,(H,41,42)/t33-,34+/m1/s1. The molecule has 2 aliphatic rings. The number of carboxylic acid groups (broad SMARTS) is 1. The lowest BCUT2D eigenvalue weighted by molar-refractivity contribution is 0.0795. The molecule has 3 aromatic carbocycles. The lowest BCUT2D eigenvalue weighted by Gasteiger charge is -2.27. The van der Waals surface area contributed by atoms with Gasteiger partial charge in [0.25, 0.3) is 0 Å². The SMILES string of the molecule is CC(C)(C)c1ccc(Oc2ccc3cc(C(=O)[C@@H]4CC[C@H](c5ccccc5)N4C(=O)O)nc(CC4CCCC4)c3c2)cc1. The monoisotopic (exact) mass is 576 g/mol. The molecule has 222 valence electrons. The van der Waals surface area contributed by atoms with Gasteiger partial charge in [-0.05, 0) is 77.4 Å². The number of ether oxygens (including phenoxy) is 1. The van der Waals surface area contributed by atoms with Crippen molar-refractivity contribution < 1.29 is 19.4 Å². The van der Waals surface area contributed by atoms with Gasteiger partial charge in [-0.2, -0.15) is 0 Å². The lowest BCUT2D eigenvalue weighted by Crippen LogP contribution is -2.41. The summed E-state index contributed by atoms with van der Waals surface area (Å²) in [6, 6.07) is 24.5. The fourth-order valence-corrected chi connectivity index (χ4v) is 6.80. The van der Waals surface area contributed by atoms with Crippen molar-refractivity contribution in [3.8, 4) is 11.5 Å². The molecule has 6 rings (SSSR count). The zero-order valence-electron chi connectivity index (χ0n) is 25.3. The lowest BCUT2D eigenvalue weighted by atomic mass is 9.87. The molecular weight excluding hydrogens is 536 g/mol. The molecule has 1 aliphatic carbocycles. The number of fused-ring (bicyclic) bond motifs is 1. The minimum Gasteiger partial charge on any atom is -0.465 e. The number of pyridine rings is 1. The first-order valence-electron chi connectivity index (χ1n) is 15.5. The first kappa shape index (κ1) is 28.9.